The van der Waals surface area contributed by atoms with E-state index in [0.29, 0.717) is 0 Å². The first-order chi connectivity index (χ1) is 3.83. The first-order valence-corrected chi connectivity index (χ1v) is 3.41. The zero-order valence-corrected chi connectivity index (χ0v) is 8.30. The number of unbranched alkanes of at least 4 members (excludes halogenated alkanes) is 2. The predicted octanol–water partition coefficient (Wildman–Crippen LogP) is 1.79. The molecule has 2 heteroatoms. The summed E-state index contributed by atoms with van der Waals surface area (Å²) in [4.78, 5) is 0. The van der Waals surface area contributed by atoms with Crippen molar-refractivity contribution in [3.8, 4) is 0 Å². The average molecular weight is 194 g/mol. The van der Waals surface area contributed by atoms with Gasteiger partial charge < -0.3 is 13.8 Å². The molecule has 0 fully saturated rings. The molecule has 0 radical (unpaired) electrons. The van der Waals surface area contributed by atoms with Gasteiger partial charge in [-0.25, -0.2) is 0 Å². The van der Waals surface area contributed by atoms with Gasteiger partial charge in [0.15, 0.2) is 0 Å². The van der Waals surface area contributed by atoms with Crippen LogP contribution in [0.4, 0.5) is 0 Å². The van der Waals surface area contributed by atoms with Crippen molar-refractivity contribution in [1.82, 2.24) is 0 Å². The Balaban J connectivity index is -0.0000000300. The van der Waals surface area contributed by atoms with E-state index < -0.39 is 0 Å². The molecule has 0 rings (SSSR count). The molecule has 0 aliphatic heterocycles. The molecular formula is C8H22SiTi. The third-order valence-corrected chi connectivity index (χ3v) is 0.707. The number of hydrogen-bond acceptors (Lipinski definition) is 0. The molecule has 0 N–H and O–H groups in total. The Morgan fingerprint density at radius 3 is 1.00 bits per heavy atom. The van der Waals surface area contributed by atoms with Gasteiger partial charge in [0.05, 0.1) is 0 Å². The third kappa shape index (κ3) is 65.4. The van der Waals surface area contributed by atoms with Crippen LogP contribution < -0.4 is 0 Å². The minimum absolute atomic E-state index is 0. The minimum Gasteiger partial charge on any atom is -0.343 e. The molecule has 10 heavy (non-hydrogen) atoms. The van der Waals surface area contributed by atoms with Crippen LogP contribution in [0, 0.1) is 13.8 Å². The summed E-state index contributed by atoms with van der Waals surface area (Å²) in [5.41, 5.74) is 0. The predicted molar refractivity (Wildman–Crippen MR) is 51.9 cm³/mol. The van der Waals surface area contributed by atoms with E-state index in [0.717, 1.165) is 12.8 Å². The van der Waals surface area contributed by atoms with Gasteiger partial charge in [0.1, 0.15) is 0 Å². The summed E-state index contributed by atoms with van der Waals surface area (Å²) < 4.78 is 0. The zero-order valence-electron chi connectivity index (χ0n) is 6.74. The van der Waals surface area contributed by atoms with Gasteiger partial charge in [0.25, 0.3) is 0 Å². The summed E-state index contributed by atoms with van der Waals surface area (Å²) in [5.74, 6) is 0. The van der Waals surface area contributed by atoms with E-state index in [4.69, 9.17) is 0 Å². The summed E-state index contributed by atoms with van der Waals surface area (Å²) in [6.45, 7) is 11.4. The van der Waals surface area contributed by atoms with Crippen LogP contribution in [-0.4, -0.2) is 11.0 Å². The fraction of sp³-hybridized carbons (Fsp3) is 0.750. The van der Waals surface area contributed by atoms with Crippen LogP contribution in [0.5, 0.6) is 0 Å². The summed E-state index contributed by atoms with van der Waals surface area (Å²) >= 11 is 0. The molecular weight excluding hydrogens is 172 g/mol. The normalized spacial score (nSPS) is 6.00. The fourth-order valence-electron chi connectivity index (χ4n) is 0. The smallest absolute Gasteiger partial charge is 0.343 e. The molecule has 0 aromatic carbocycles. The maximum Gasteiger partial charge on any atom is 2.00 e. The second-order valence-electron chi connectivity index (χ2n) is 1.71. The van der Waals surface area contributed by atoms with Gasteiger partial charge in [-0.05, 0) is 11.0 Å². The summed E-state index contributed by atoms with van der Waals surface area (Å²) in [6, 6.07) is 0. The van der Waals surface area contributed by atoms with Crippen molar-refractivity contribution in [2.24, 2.45) is 0 Å². The zero-order chi connectivity index (χ0) is 6.83. The van der Waals surface area contributed by atoms with Crippen LogP contribution in [0.1, 0.15) is 39.5 Å². The molecule has 0 atom stereocenters. The Bertz CT molecular complexity index is 17.2. The van der Waals surface area contributed by atoms with Gasteiger partial charge >= 0.3 is 21.7 Å². The van der Waals surface area contributed by atoms with E-state index in [1.807, 2.05) is 0 Å². The van der Waals surface area contributed by atoms with E-state index in [2.05, 4.69) is 27.7 Å². The van der Waals surface area contributed by atoms with Crippen molar-refractivity contribution in [1.29, 1.82) is 0 Å². The van der Waals surface area contributed by atoms with Crippen LogP contribution >= 0.6 is 0 Å². The Kier molecular flexibility index (Phi) is 73.1. The molecule has 0 bridgehead atoms. The van der Waals surface area contributed by atoms with Gasteiger partial charge in [-0.1, -0.05) is 26.7 Å². The molecule has 0 spiro atoms. The van der Waals surface area contributed by atoms with E-state index in [9.17, 15) is 0 Å². The van der Waals surface area contributed by atoms with Crippen LogP contribution in [0.3, 0.4) is 0 Å². The molecule has 0 aliphatic rings. The maximum absolute atomic E-state index is 3.60. The molecule has 0 heterocycles. The van der Waals surface area contributed by atoms with Gasteiger partial charge in [-0.15, -0.1) is 0 Å². The van der Waals surface area contributed by atoms with Crippen molar-refractivity contribution in [2.45, 2.75) is 39.5 Å². The van der Waals surface area contributed by atoms with Crippen molar-refractivity contribution >= 4 is 11.0 Å². The Morgan fingerprint density at radius 2 is 1.00 bits per heavy atom. The third-order valence-electron chi connectivity index (χ3n) is 0.707. The molecule has 62 valence electrons. The largest absolute Gasteiger partial charge is 2.00 e. The van der Waals surface area contributed by atoms with Crippen molar-refractivity contribution < 1.29 is 21.7 Å². The minimum atomic E-state index is 0. The van der Waals surface area contributed by atoms with Crippen molar-refractivity contribution in [2.75, 3.05) is 0 Å². The van der Waals surface area contributed by atoms with E-state index in [1.165, 1.54) is 12.8 Å². The Morgan fingerprint density at radius 1 is 0.900 bits per heavy atom. The van der Waals surface area contributed by atoms with E-state index in [1.54, 1.807) is 0 Å². The second-order valence-corrected chi connectivity index (χ2v) is 1.71. The summed E-state index contributed by atoms with van der Waals surface area (Å²) in [7, 11) is 0. The van der Waals surface area contributed by atoms with E-state index >= 15 is 0 Å². The van der Waals surface area contributed by atoms with Gasteiger partial charge in [0, 0.05) is 0 Å². The second kappa shape index (κ2) is 32.6. The Hall–Kier alpha value is 0.931. The quantitative estimate of drug-likeness (QED) is 0.464. The first kappa shape index (κ1) is 22.4. The van der Waals surface area contributed by atoms with Gasteiger partial charge in [0.2, 0.25) is 0 Å². The van der Waals surface area contributed by atoms with Crippen molar-refractivity contribution in [3.63, 3.8) is 0 Å². The van der Waals surface area contributed by atoms with Crippen molar-refractivity contribution in [3.05, 3.63) is 13.8 Å². The molecule has 0 nitrogen and oxygen atoms in total. The van der Waals surface area contributed by atoms with Crippen LogP contribution in [0.2, 0.25) is 0 Å². The molecule has 0 saturated carbocycles. The summed E-state index contributed by atoms with van der Waals surface area (Å²) in [6.07, 6.45) is 4.56. The molecule has 0 aromatic rings. The Labute approximate surface area is 86.1 Å². The number of hydrogen-bond donors (Lipinski definition) is 0. The summed E-state index contributed by atoms with van der Waals surface area (Å²) in [5, 5.41) is 0. The van der Waals surface area contributed by atoms with Gasteiger partial charge in [-0.2, -0.15) is 12.8 Å². The average Bonchev–Trinajstić information content (AvgIpc) is 1.88. The SMILES string of the molecule is [CH2-]CCC.[CH2-]CCC.[SiH4].[Ti+2]. The maximum atomic E-state index is 3.60. The standard InChI is InChI=1S/2C4H9.H4Si.Ti/c2*1-3-4-2;;/h2*1,3-4H2,2H3;1H4;/q2*-1;;+2. The van der Waals surface area contributed by atoms with Crippen LogP contribution in [0.15, 0.2) is 0 Å². The number of rotatable bonds is 2. The monoisotopic (exact) mass is 194 g/mol. The molecule has 0 aromatic heterocycles. The van der Waals surface area contributed by atoms with Crippen LogP contribution in [0.25, 0.3) is 0 Å². The van der Waals surface area contributed by atoms with E-state index in [-0.39, 0.29) is 32.7 Å². The molecule has 0 saturated heterocycles. The molecule has 0 unspecified atom stereocenters. The first-order valence-electron chi connectivity index (χ1n) is 3.41. The van der Waals surface area contributed by atoms with Gasteiger partial charge in [-0.3, -0.25) is 0 Å². The van der Waals surface area contributed by atoms with Crippen LogP contribution in [-0.2, 0) is 21.7 Å². The topological polar surface area (TPSA) is 0 Å². The molecule has 0 aliphatic carbocycles. The fourth-order valence-corrected chi connectivity index (χ4v) is 0. The molecule has 0 amide bonds.